The number of anilines is 4. The normalized spacial score (nSPS) is 12.2. The molecule has 6 rings (SSSR count). The number of halogens is 4. The van der Waals surface area contributed by atoms with Crippen LogP contribution in [-0.2, 0) is 9.59 Å². The lowest BCUT2D eigenvalue weighted by molar-refractivity contribution is -0.117. The molecule has 0 fully saturated rings. The van der Waals surface area contributed by atoms with Gasteiger partial charge in [-0.15, -0.1) is 10.2 Å². The number of hydrogen-bond acceptors (Lipinski definition) is 9. The van der Waals surface area contributed by atoms with Gasteiger partial charge in [0.2, 0.25) is 11.8 Å². The zero-order valence-electron chi connectivity index (χ0n) is 36.0. The number of carbonyl (C=O) groups excluding carboxylic acids is 4. The van der Waals surface area contributed by atoms with Gasteiger partial charge in [-0.3, -0.25) is 34.0 Å². The van der Waals surface area contributed by atoms with Crippen molar-refractivity contribution in [3.8, 4) is 5.69 Å². The van der Waals surface area contributed by atoms with Gasteiger partial charge in [-0.25, -0.2) is 9.48 Å². The minimum Gasteiger partial charge on any atom is -0.478 e. The number of nitrogens with zero attached hydrogens (tertiary/aromatic N) is 4. The molecule has 5 N–H and O–H groups in total. The Morgan fingerprint density at radius 2 is 1.23 bits per heavy atom. The van der Waals surface area contributed by atoms with Crippen LogP contribution in [0.15, 0.2) is 87.8 Å². The van der Waals surface area contributed by atoms with Gasteiger partial charge in [0.25, 0.3) is 11.8 Å². The number of azo groups is 1. The van der Waals surface area contributed by atoms with Gasteiger partial charge in [-0.05, 0) is 67.1 Å². The van der Waals surface area contributed by atoms with E-state index in [1.807, 2.05) is 0 Å². The topological polar surface area (TPSA) is 207 Å². The summed E-state index contributed by atoms with van der Waals surface area (Å²) >= 11 is 25.8. The van der Waals surface area contributed by atoms with Crippen molar-refractivity contribution in [3.63, 3.8) is 0 Å². The molecular weight excluding hydrogens is 930 g/mol. The van der Waals surface area contributed by atoms with E-state index in [0.29, 0.717) is 12.1 Å². The van der Waals surface area contributed by atoms with E-state index >= 15 is 0 Å². The molecule has 0 saturated carbocycles. The molecule has 1 aliphatic rings. The van der Waals surface area contributed by atoms with Crippen LogP contribution in [0.25, 0.3) is 5.69 Å². The molecule has 15 nitrogen and oxygen atoms in total. The van der Waals surface area contributed by atoms with Gasteiger partial charge in [0.15, 0.2) is 11.5 Å². The average Bonchev–Trinajstić information content (AvgIpc) is 3.71. The van der Waals surface area contributed by atoms with Crippen LogP contribution in [0.5, 0.6) is 0 Å². The van der Waals surface area contributed by atoms with Crippen LogP contribution in [0.2, 0.25) is 20.1 Å². The zero-order valence-corrected chi connectivity index (χ0v) is 39.0. The summed E-state index contributed by atoms with van der Waals surface area (Å²) in [4.78, 5) is 78.8. The number of H-pyrrole nitrogens is 1. The van der Waals surface area contributed by atoms with Crippen LogP contribution in [0.1, 0.15) is 121 Å². The molecule has 0 radical (unpaired) electrons. The fourth-order valence-electron chi connectivity index (χ4n) is 7.38. The molecule has 2 heterocycles. The number of aromatic carboxylic acids is 1. The molecule has 4 amide bonds. The lowest BCUT2D eigenvalue weighted by Gasteiger charge is -2.14. The predicted octanol–water partition coefficient (Wildman–Crippen LogP) is 12.9. The number of imide groups is 1. The Morgan fingerprint density at radius 3 is 1.83 bits per heavy atom. The number of aromatic nitrogens is 2. The Morgan fingerprint density at radius 1 is 0.667 bits per heavy atom. The highest BCUT2D eigenvalue weighted by atomic mass is 35.5. The van der Waals surface area contributed by atoms with E-state index in [1.54, 1.807) is 30.3 Å². The fourth-order valence-corrected chi connectivity index (χ4v) is 8.53. The second-order valence-corrected chi connectivity index (χ2v) is 17.3. The van der Waals surface area contributed by atoms with E-state index in [2.05, 4.69) is 38.2 Å². The number of unbranched alkanes of at least 4 members (excludes halogenated alkanes) is 10. The maximum absolute atomic E-state index is 14.1. The smallest absolute Gasteiger partial charge is 0.338 e. The van der Waals surface area contributed by atoms with Crippen LogP contribution in [-0.4, -0.2) is 55.9 Å². The van der Waals surface area contributed by atoms with E-state index in [9.17, 15) is 33.9 Å². The Bertz CT molecular complexity index is 2660. The quantitative estimate of drug-likeness (QED) is 0.0241. The molecule has 0 saturated heterocycles. The van der Waals surface area contributed by atoms with Gasteiger partial charge < -0.3 is 21.1 Å². The van der Waals surface area contributed by atoms with E-state index in [0.717, 1.165) is 41.3 Å². The number of carboxylic acids is 1. The molecule has 0 spiro atoms. The number of fused-ring (bicyclic) bond motifs is 1. The first-order chi connectivity index (χ1) is 31.7. The van der Waals surface area contributed by atoms with Crippen LogP contribution in [0.3, 0.4) is 0 Å². The largest absolute Gasteiger partial charge is 0.478 e. The first-order valence-electron chi connectivity index (χ1n) is 21.7. The molecule has 0 aliphatic carbocycles. The lowest BCUT2D eigenvalue weighted by atomic mass is 10.1. The predicted molar refractivity (Wildman–Crippen MR) is 258 cm³/mol. The molecule has 0 atom stereocenters. The molecule has 66 heavy (non-hydrogen) atoms. The van der Waals surface area contributed by atoms with Gasteiger partial charge >= 0.3 is 11.5 Å². The average molecular weight is 979 g/mol. The Hall–Kier alpha value is -6.00. The molecule has 4 aromatic carbocycles. The van der Waals surface area contributed by atoms with Crippen molar-refractivity contribution >= 4 is 110 Å². The summed E-state index contributed by atoms with van der Waals surface area (Å²) < 4.78 is 1.00. The van der Waals surface area contributed by atoms with E-state index in [-0.39, 0.29) is 89.9 Å². The standard InChI is InChI=1S/C47H48Cl4N8O7/c1-2-3-4-5-6-7-8-9-10-11-12-17-39(60)53-30-18-20-34(49)38(27-30)54-43-41(46(64)59(57-43)42-35(50)24-28(48)25-36(42)51)56-55-37-21-19-29(26-33(37)47(65)66)52-40(61)22-23-58-44(62)31-15-13-14-16-32(31)45(58)63/h13-16,18-21,24-27,54,57H,2-12,17,22-23H2,1H3,(H,52,61)(H,53,60)(H,65,66). The first-order valence-corrected chi connectivity index (χ1v) is 23.2. The van der Waals surface area contributed by atoms with Crippen molar-refractivity contribution in [1.29, 1.82) is 0 Å². The van der Waals surface area contributed by atoms with E-state index in [1.165, 1.54) is 81.3 Å². The second-order valence-electron chi connectivity index (χ2n) is 15.7. The molecular formula is C47H48Cl4N8O7. The third-order valence-electron chi connectivity index (χ3n) is 10.8. The van der Waals surface area contributed by atoms with Crippen molar-refractivity contribution in [2.45, 2.75) is 90.4 Å². The number of amides is 4. The molecule has 5 aromatic rings. The first kappa shape index (κ1) is 49.4. The third kappa shape index (κ3) is 12.7. The zero-order chi connectivity index (χ0) is 47.3. The van der Waals surface area contributed by atoms with Crippen LogP contribution in [0.4, 0.5) is 34.3 Å². The molecule has 346 valence electrons. The van der Waals surface area contributed by atoms with Crippen LogP contribution < -0.4 is 21.5 Å². The van der Waals surface area contributed by atoms with Crippen LogP contribution >= 0.6 is 46.4 Å². The molecule has 1 aromatic heterocycles. The van der Waals surface area contributed by atoms with Gasteiger partial charge in [-0.2, -0.15) is 0 Å². The van der Waals surface area contributed by atoms with Gasteiger partial charge in [0.05, 0.1) is 37.4 Å². The number of benzene rings is 4. The number of aromatic amines is 1. The van der Waals surface area contributed by atoms with Crippen molar-refractivity contribution in [3.05, 3.63) is 120 Å². The monoisotopic (exact) mass is 976 g/mol. The fraction of sp³-hybridized carbons (Fsp3) is 0.319. The SMILES string of the molecule is CCCCCCCCCCCCCC(=O)Nc1ccc(Cl)c(Nc2[nH]n(-c3c(Cl)cc(Cl)cc3Cl)c(=O)c2N=Nc2ccc(NC(=O)CCN3C(=O)c4ccccc4C3=O)cc2C(=O)O)c1. The minimum atomic E-state index is -1.43. The summed E-state index contributed by atoms with van der Waals surface area (Å²) in [5.74, 6) is -3.26. The van der Waals surface area contributed by atoms with Gasteiger partial charge in [-0.1, -0.05) is 130 Å². The molecule has 0 unspecified atom stereocenters. The highest BCUT2D eigenvalue weighted by Crippen LogP contribution is 2.36. The van der Waals surface area contributed by atoms with Crippen molar-refractivity contribution in [2.24, 2.45) is 10.2 Å². The van der Waals surface area contributed by atoms with E-state index < -0.39 is 29.3 Å². The maximum Gasteiger partial charge on any atom is 0.338 e. The van der Waals surface area contributed by atoms with Crippen molar-refractivity contribution in [2.75, 3.05) is 22.5 Å². The summed E-state index contributed by atoms with van der Waals surface area (Å²) in [7, 11) is 0. The van der Waals surface area contributed by atoms with Gasteiger partial charge in [0.1, 0.15) is 11.4 Å². The Labute approximate surface area is 400 Å². The molecule has 1 aliphatic heterocycles. The number of rotatable bonds is 23. The van der Waals surface area contributed by atoms with Gasteiger partial charge in [0, 0.05) is 35.8 Å². The summed E-state index contributed by atoms with van der Waals surface area (Å²) in [6, 6.07) is 17.7. The maximum atomic E-state index is 14.1. The lowest BCUT2D eigenvalue weighted by Crippen LogP contribution is -2.32. The number of carbonyl (C=O) groups is 5. The minimum absolute atomic E-state index is 0.0148. The molecule has 0 bridgehead atoms. The summed E-state index contributed by atoms with van der Waals surface area (Å²) in [6.45, 7) is 2.02. The molecule has 19 heteroatoms. The second kappa shape index (κ2) is 23.4. The summed E-state index contributed by atoms with van der Waals surface area (Å²) in [6.07, 6.45) is 12.9. The van der Waals surface area contributed by atoms with Crippen molar-refractivity contribution < 1.29 is 29.1 Å². The highest BCUT2D eigenvalue weighted by molar-refractivity contribution is 6.40. The number of hydrogen-bond donors (Lipinski definition) is 5. The third-order valence-corrected chi connectivity index (χ3v) is 11.9. The summed E-state index contributed by atoms with van der Waals surface area (Å²) in [5.41, 5.74) is -0.415. The number of nitrogens with one attached hydrogen (secondary N) is 4. The van der Waals surface area contributed by atoms with E-state index in [4.69, 9.17) is 46.4 Å². The number of carboxylic acid groups (broad SMARTS) is 1. The Kier molecular flexibility index (Phi) is 17.6. The highest BCUT2D eigenvalue weighted by Gasteiger charge is 2.35. The Balaban J connectivity index is 1.16. The van der Waals surface area contributed by atoms with Crippen molar-refractivity contribution in [1.82, 2.24) is 14.7 Å². The summed E-state index contributed by atoms with van der Waals surface area (Å²) in [5, 5.41) is 30.3. The van der Waals surface area contributed by atoms with Crippen LogP contribution in [0, 0.1) is 0 Å².